The van der Waals surface area contributed by atoms with Crippen molar-refractivity contribution in [2.45, 2.75) is 0 Å². The zero-order valence-electron chi connectivity index (χ0n) is 6.22. The molecule has 1 amide bonds. The van der Waals surface area contributed by atoms with Crippen molar-refractivity contribution in [3.8, 4) is 0 Å². The molecule has 0 saturated carbocycles. The summed E-state index contributed by atoms with van der Waals surface area (Å²) in [7, 11) is 0. The third-order valence-electron chi connectivity index (χ3n) is 1.13. The number of anilines is 1. The summed E-state index contributed by atoms with van der Waals surface area (Å²) in [6.45, 7) is 0. The van der Waals surface area contributed by atoms with Gasteiger partial charge in [0, 0.05) is 5.38 Å². The molecule has 0 aliphatic heterocycles. The van der Waals surface area contributed by atoms with E-state index in [0.29, 0.717) is 11.5 Å². The highest BCUT2D eigenvalue weighted by Crippen LogP contribution is 2.14. The Kier molecular flexibility index (Phi) is 3.09. The van der Waals surface area contributed by atoms with Gasteiger partial charge in [0.05, 0.1) is 0 Å². The van der Waals surface area contributed by atoms with E-state index in [-0.39, 0.29) is 11.4 Å². The third-order valence-corrected chi connectivity index (χ3v) is 1.90. The van der Waals surface area contributed by atoms with E-state index >= 15 is 0 Å². The van der Waals surface area contributed by atoms with Gasteiger partial charge in [0.25, 0.3) is 6.29 Å². The summed E-state index contributed by atoms with van der Waals surface area (Å²) in [6.07, 6.45) is 1.86. The van der Waals surface area contributed by atoms with Crippen LogP contribution in [0.3, 0.4) is 0 Å². The number of nitrogens with zero attached hydrogens (tertiary/aromatic N) is 2. The second-order valence-electron chi connectivity index (χ2n) is 1.85. The van der Waals surface area contributed by atoms with Gasteiger partial charge >= 0.3 is 0 Å². The Morgan fingerprint density at radius 2 is 2.62 bits per heavy atom. The molecule has 0 fully saturated rings. The van der Waals surface area contributed by atoms with Crippen molar-refractivity contribution in [3.05, 3.63) is 11.1 Å². The number of hydrogen-bond acceptors (Lipinski definition) is 6. The second-order valence-corrected chi connectivity index (χ2v) is 2.71. The minimum atomic E-state index is -0.296. The van der Waals surface area contributed by atoms with E-state index in [0.717, 1.165) is 11.3 Å². The lowest BCUT2D eigenvalue weighted by Gasteiger charge is -1.87. The molecule has 67 valence electrons. The molecule has 6 nitrogen and oxygen atoms in total. The molecule has 1 aromatic rings. The highest BCUT2D eigenvalue weighted by atomic mass is 32.1. The average molecular weight is 198 g/mol. The third kappa shape index (κ3) is 2.09. The summed E-state index contributed by atoms with van der Waals surface area (Å²) in [4.78, 5) is 23.9. The van der Waals surface area contributed by atoms with Gasteiger partial charge in [-0.25, -0.2) is 4.98 Å². The number of oxime groups is 1. The monoisotopic (exact) mass is 198 g/mol. The van der Waals surface area contributed by atoms with Gasteiger partial charge in [-0.05, 0) is 0 Å². The highest BCUT2D eigenvalue weighted by molar-refractivity contribution is 7.14. The molecule has 1 heterocycles. The van der Waals surface area contributed by atoms with Crippen molar-refractivity contribution >= 4 is 34.9 Å². The smallest absolute Gasteiger partial charge is 0.259 e. The SMILES string of the molecule is O=[C]/C(=N/O)c1csc(NC=O)n1. The first-order chi connectivity index (χ1) is 6.31. The van der Waals surface area contributed by atoms with Gasteiger partial charge < -0.3 is 10.5 Å². The van der Waals surface area contributed by atoms with Gasteiger partial charge in [-0.2, -0.15) is 0 Å². The largest absolute Gasteiger partial charge is 0.410 e. The fourth-order valence-electron chi connectivity index (χ4n) is 0.623. The van der Waals surface area contributed by atoms with Gasteiger partial charge in [0.2, 0.25) is 6.41 Å². The van der Waals surface area contributed by atoms with Gasteiger partial charge in [-0.3, -0.25) is 9.59 Å². The van der Waals surface area contributed by atoms with Crippen LogP contribution in [0.1, 0.15) is 5.69 Å². The maximum atomic E-state index is 10.2. The van der Waals surface area contributed by atoms with Crippen LogP contribution in [0.25, 0.3) is 0 Å². The zero-order chi connectivity index (χ0) is 9.68. The van der Waals surface area contributed by atoms with E-state index in [1.807, 2.05) is 0 Å². The van der Waals surface area contributed by atoms with Crippen molar-refractivity contribution in [2.75, 3.05) is 5.32 Å². The maximum absolute atomic E-state index is 10.2. The molecule has 13 heavy (non-hydrogen) atoms. The maximum Gasteiger partial charge on any atom is 0.259 e. The molecular weight excluding hydrogens is 194 g/mol. The summed E-state index contributed by atoms with van der Waals surface area (Å²) in [5.74, 6) is 0. The van der Waals surface area contributed by atoms with Gasteiger partial charge in [0.15, 0.2) is 10.8 Å². The Morgan fingerprint density at radius 1 is 1.85 bits per heavy atom. The van der Waals surface area contributed by atoms with Gasteiger partial charge in [0.1, 0.15) is 5.69 Å². The van der Waals surface area contributed by atoms with Crippen LogP contribution in [-0.4, -0.2) is 28.6 Å². The molecular formula is C6H4N3O3S. The molecule has 1 radical (unpaired) electrons. The van der Waals surface area contributed by atoms with Crippen LogP contribution in [0.5, 0.6) is 0 Å². The molecule has 0 unspecified atom stereocenters. The van der Waals surface area contributed by atoms with E-state index in [2.05, 4.69) is 15.5 Å². The zero-order valence-corrected chi connectivity index (χ0v) is 7.04. The predicted octanol–water partition coefficient (Wildman–Crippen LogP) is -0.000600. The van der Waals surface area contributed by atoms with Crippen molar-refractivity contribution in [1.29, 1.82) is 0 Å². The highest BCUT2D eigenvalue weighted by Gasteiger charge is 2.08. The molecule has 1 aromatic heterocycles. The Morgan fingerprint density at radius 3 is 3.15 bits per heavy atom. The summed E-state index contributed by atoms with van der Waals surface area (Å²) in [5, 5.41) is 15.1. The molecule has 0 aliphatic carbocycles. The van der Waals surface area contributed by atoms with Crippen LogP contribution in [0.2, 0.25) is 0 Å². The molecule has 0 spiro atoms. The Hall–Kier alpha value is -1.76. The lowest BCUT2D eigenvalue weighted by atomic mass is 10.3. The fourth-order valence-corrected chi connectivity index (χ4v) is 1.28. The van der Waals surface area contributed by atoms with Crippen LogP contribution in [-0.2, 0) is 9.59 Å². The van der Waals surface area contributed by atoms with Gasteiger partial charge in [-0.1, -0.05) is 5.16 Å². The van der Waals surface area contributed by atoms with Crippen molar-refractivity contribution in [1.82, 2.24) is 4.98 Å². The first-order valence-electron chi connectivity index (χ1n) is 3.08. The van der Waals surface area contributed by atoms with E-state index in [4.69, 9.17) is 5.21 Å². The summed E-state index contributed by atoms with van der Waals surface area (Å²) in [5.41, 5.74) is -0.123. The number of thiazole rings is 1. The van der Waals surface area contributed by atoms with E-state index in [9.17, 15) is 9.59 Å². The number of amides is 1. The molecule has 0 aromatic carbocycles. The topological polar surface area (TPSA) is 91.6 Å². The Labute approximate surface area is 76.9 Å². The fraction of sp³-hybridized carbons (Fsp3) is 0. The van der Waals surface area contributed by atoms with Crippen LogP contribution < -0.4 is 5.32 Å². The Bertz CT molecular complexity index is 347. The van der Waals surface area contributed by atoms with E-state index < -0.39 is 0 Å². The number of aromatic nitrogens is 1. The number of carbonyl (C=O) groups excluding carboxylic acids is 2. The summed E-state index contributed by atoms with van der Waals surface area (Å²) in [6, 6.07) is 0. The summed E-state index contributed by atoms with van der Waals surface area (Å²) < 4.78 is 0. The van der Waals surface area contributed by atoms with Crippen molar-refractivity contribution < 1.29 is 14.8 Å². The number of nitrogens with one attached hydrogen (secondary N) is 1. The standard InChI is InChI=1S/C6H4N3O3S/c10-1-4(9-12)5-2-13-6(8-5)7-3-11/h2-3,12H,(H,7,8,11)/b9-4-. The number of hydrogen-bond donors (Lipinski definition) is 2. The summed E-state index contributed by atoms with van der Waals surface area (Å²) >= 11 is 1.11. The van der Waals surface area contributed by atoms with Crippen LogP contribution in [0.4, 0.5) is 5.13 Å². The molecule has 0 saturated heterocycles. The number of rotatable bonds is 4. The van der Waals surface area contributed by atoms with E-state index in [1.54, 1.807) is 0 Å². The van der Waals surface area contributed by atoms with E-state index in [1.165, 1.54) is 11.7 Å². The lowest BCUT2D eigenvalue weighted by molar-refractivity contribution is -0.105. The quantitative estimate of drug-likeness (QED) is 0.308. The average Bonchev–Trinajstić information content (AvgIpc) is 2.56. The second kappa shape index (κ2) is 4.31. The van der Waals surface area contributed by atoms with Crippen LogP contribution in [0.15, 0.2) is 10.5 Å². The molecule has 1 rings (SSSR count). The minimum absolute atomic E-state index is 0.173. The molecule has 0 bridgehead atoms. The molecule has 0 aliphatic rings. The first kappa shape index (κ1) is 9.33. The van der Waals surface area contributed by atoms with Crippen LogP contribution >= 0.6 is 11.3 Å². The van der Waals surface area contributed by atoms with Crippen molar-refractivity contribution in [2.24, 2.45) is 5.16 Å². The Balaban J connectivity index is 2.90. The van der Waals surface area contributed by atoms with Crippen LogP contribution in [0, 0.1) is 0 Å². The molecule has 0 atom stereocenters. The minimum Gasteiger partial charge on any atom is -0.410 e. The van der Waals surface area contributed by atoms with Crippen molar-refractivity contribution in [3.63, 3.8) is 0 Å². The first-order valence-corrected chi connectivity index (χ1v) is 3.96. The predicted molar refractivity (Wildman–Crippen MR) is 45.8 cm³/mol. The van der Waals surface area contributed by atoms with Gasteiger partial charge in [-0.15, -0.1) is 11.3 Å². The molecule has 2 N–H and O–H groups in total. The normalized spacial score (nSPS) is 10.9. The molecule has 7 heteroatoms. The lowest BCUT2D eigenvalue weighted by Crippen LogP contribution is -2.03. The number of carbonyl (C=O) groups is 1.